The number of nitrogens with zero attached hydrogens (tertiary/aromatic N) is 1. The molecule has 0 aliphatic heterocycles. The highest BCUT2D eigenvalue weighted by atomic mass is 32.3. The largest absolute Gasteiger partial charge is 0.461 e. The first-order chi connectivity index (χ1) is 5.88. The molecule has 84 valence electrons. The Balaban J connectivity index is 5.25. The van der Waals surface area contributed by atoms with Crippen molar-refractivity contribution < 1.29 is 34.3 Å². The van der Waals surface area contributed by atoms with Gasteiger partial charge in [0.1, 0.15) is 0 Å². The van der Waals surface area contributed by atoms with Crippen LogP contribution in [-0.4, -0.2) is 26.4 Å². The lowest BCUT2D eigenvalue weighted by atomic mass is 10.3. The fourth-order valence-corrected chi connectivity index (χ4v) is 0.670. The van der Waals surface area contributed by atoms with Crippen LogP contribution in [0.2, 0.25) is 0 Å². The molecule has 0 radical (unpaired) electrons. The summed E-state index contributed by atoms with van der Waals surface area (Å²) in [4.78, 5) is 0. The van der Waals surface area contributed by atoms with Crippen molar-refractivity contribution in [2.24, 2.45) is 10.1 Å². The summed E-state index contributed by atoms with van der Waals surface area (Å²) in [6, 6.07) is 0. The van der Waals surface area contributed by atoms with E-state index in [9.17, 15) is 34.3 Å². The van der Waals surface area contributed by atoms with Gasteiger partial charge in [-0.15, -0.1) is 4.40 Å². The molecule has 0 unspecified atom stereocenters. The van der Waals surface area contributed by atoms with E-state index in [1.165, 1.54) is 4.40 Å². The Kier molecular flexibility index (Phi) is 3.06. The van der Waals surface area contributed by atoms with Gasteiger partial charge in [0.15, 0.2) is 5.84 Å². The fourth-order valence-electron chi connectivity index (χ4n) is 0.320. The molecular weight excluding hydrogens is 242 g/mol. The van der Waals surface area contributed by atoms with Crippen molar-refractivity contribution in [3.63, 3.8) is 0 Å². The summed E-state index contributed by atoms with van der Waals surface area (Å²) in [6.07, 6.45) is -6.13. The highest BCUT2D eigenvalue weighted by Gasteiger charge is 2.61. The van der Waals surface area contributed by atoms with Crippen LogP contribution in [0.3, 0.4) is 0 Å². The number of nitrogens with two attached hydrogens (primary N) is 1. The normalized spacial score (nSPS) is 15.7. The summed E-state index contributed by atoms with van der Waals surface area (Å²) < 4.78 is 90.5. The third-order valence-electron chi connectivity index (χ3n) is 0.885. The maximum Gasteiger partial charge on any atom is 0.461 e. The van der Waals surface area contributed by atoms with Crippen molar-refractivity contribution in [1.82, 2.24) is 0 Å². The van der Waals surface area contributed by atoms with E-state index in [-0.39, 0.29) is 0 Å². The molecule has 2 N–H and O–H groups in total. The number of hydrogen-bond acceptors (Lipinski definition) is 2. The first kappa shape index (κ1) is 13.0. The minimum absolute atomic E-state index is 1.38. The number of hydrogen-bond donors (Lipinski definition) is 1. The van der Waals surface area contributed by atoms with Crippen LogP contribution in [0.1, 0.15) is 0 Å². The van der Waals surface area contributed by atoms with E-state index in [4.69, 9.17) is 0 Å². The molecule has 0 aromatic heterocycles. The second-order valence-electron chi connectivity index (χ2n) is 1.96. The molecule has 11 heteroatoms. The molecule has 0 spiro atoms. The van der Waals surface area contributed by atoms with Crippen molar-refractivity contribution in [3.8, 4) is 0 Å². The van der Waals surface area contributed by atoms with E-state index < -0.39 is 28.3 Å². The van der Waals surface area contributed by atoms with Gasteiger partial charge in [-0.2, -0.15) is 30.4 Å². The Morgan fingerprint density at radius 1 is 1.14 bits per heavy atom. The van der Waals surface area contributed by atoms with E-state index in [1.54, 1.807) is 0 Å². The molecule has 0 aromatic rings. The van der Waals surface area contributed by atoms with Crippen LogP contribution in [0.5, 0.6) is 0 Å². The van der Waals surface area contributed by atoms with Gasteiger partial charge in [-0.05, 0) is 0 Å². The smallest absolute Gasteiger partial charge is 0.381 e. The zero-order valence-electron chi connectivity index (χ0n) is 6.02. The minimum atomic E-state index is -6.13. The minimum Gasteiger partial charge on any atom is -0.381 e. The Morgan fingerprint density at radius 2 is 1.50 bits per heavy atom. The summed E-state index contributed by atoms with van der Waals surface area (Å²) in [5, 5.41) is 0. The van der Waals surface area contributed by atoms with Gasteiger partial charge < -0.3 is 5.73 Å². The maximum atomic E-state index is 12.0. The zero-order valence-corrected chi connectivity index (χ0v) is 6.83. The Labute approximate surface area is 73.8 Å². The molecule has 0 saturated heterocycles. The topological polar surface area (TPSA) is 72.5 Å². The monoisotopic (exact) mass is 244 g/mol. The third-order valence-corrected chi connectivity index (χ3v) is 1.30. The van der Waals surface area contributed by atoms with Crippen LogP contribution in [-0.2, 0) is 10.4 Å². The Bertz CT molecular complexity index is 343. The van der Waals surface area contributed by atoms with Crippen LogP contribution in [0.15, 0.2) is 4.40 Å². The molecule has 0 bridgehead atoms. The number of rotatable bonds is 2. The molecule has 0 atom stereocenters. The second kappa shape index (κ2) is 3.29. The maximum absolute atomic E-state index is 12.0. The van der Waals surface area contributed by atoms with Gasteiger partial charge >= 0.3 is 22.5 Å². The van der Waals surface area contributed by atoms with Crippen molar-refractivity contribution >= 4 is 16.2 Å². The molecule has 14 heavy (non-hydrogen) atoms. The first-order valence-corrected chi connectivity index (χ1v) is 3.97. The van der Waals surface area contributed by atoms with Gasteiger partial charge in [0.2, 0.25) is 0 Å². The van der Waals surface area contributed by atoms with E-state index in [0.717, 1.165) is 0 Å². The third kappa shape index (κ3) is 3.05. The quantitative estimate of drug-likeness (QED) is 0.337. The van der Waals surface area contributed by atoms with Crippen LogP contribution in [0.25, 0.3) is 0 Å². The average molecular weight is 244 g/mol. The SMILES string of the molecule is N/C(=N\S(=O)(=O)F)C(F)(F)C(F)(F)F. The second-order valence-corrected chi connectivity index (χ2v) is 2.97. The van der Waals surface area contributed by atoms with Gasteiger partial charge in [-0.3, -0.25) is 0 Å². The molecule has 0 aliphatic rings. The standard InChI is InChI=1S/C3H2F6N2O2S/c4-2(5,3(6,7)8)1(10)11-14(9,12)13/h(H2,10,11). The lowest BCUT2D eigenvalue weighted by molar-refractivity contribution is -0.249. The molecule has 0 saturated carbocycles. The fraction of sp³-hybridized carbons (Fsp3) is 0.667. The molecule has 0 fully saturated rings. The van der Waals surface area contributed by atoms with Gasteiger partial charge in [-0.1, -0.05) is 3.89 Å². The van der Waals surface area contributed by atoms with E-state index >= 15 is 0 Å². The Morgan fingerprint density at radius 3 is 1.71 bits per heavy atom. The molecular formula is C3H2F6N2O2S. The molecule has 0 rings (SSSR count). The van der Waals surface area contributed by atoms with Crippen LogP contribution in [0.4, 0.5) is 25.8 Å². The van der Waals surface area contributed by atoms with Gasteiger partial charge in [-0.25, -0.2) is 0 Å². The van der Waals surface area contributed by atoms with E-state index in [1.807, 2.05) is 0 Å². The average Bonchev–Trinajstić information content (AvgIpc) is 1.80. The van der Waals surface area contributed by atoms with Crippen LogP contribution < -0.4 is 5.73 Å². The zero-order chi connectivity index (χ0) is 11.8. The van der Waals surface area contributed by atoms with Crippen LogP contribution in [0, 0.1) is 0 Å². The summed E-state index contributed by atoms with van der Waals surface area (Å²) in [5.74, 6) is -8.36. The lowest BCUT2D eigenvalue weighted by Gasteiger charge is -2.17. The van der Waals surface area contributed by atoms with Crippen molar-refractivity contribution in [2.75, 3.05) is 0 Å². The summed E-state index contributed by atoms with van der Waals surface area (Å²) in [5.41, 5.74) is 3.98. The molecule has 0 amide bonds. The first-order valence-electron chi connectivity index (χ1n) is 2.63. The van der Waals surface area contributed by atoms with E-state index in [0.29, 0.717) is 0 Å². The predicted molar refractivity (Wildman–Crippen MR) is 32.7 cm³/mol. The number of amidine groups is 1. The summed E-state index contributed by atoms with van der Waals surface area (Å²) in [6.45, 7) is 0. The number of halogens is 6. The van der Waals surface area contributed by atoms with Gasteiger partial charge in [0, 0.05) is 0 Å². The van der Waals surface area contributed by atoms with Crippen molar-refractivity contribution in [3.05, 3.63) is 0 Å². The lowest BCUT2D eigenvalue weighted by Crippen LogP contribution is -2.48. The van der Waals surface area contributed by atoms with Gasteiger partial charge in [0.25, 0.3) is 0 Å². The summed E-state index contributed by atoms with van der Waals surface area (Å²) >= 11 is 0. The number of alkyl halides is 5. The molecule has 0 heterocycles. The Hall–Kier alpha value is -1.00. The highest BCUT2D eigenvalue weighted by Crippen LogP contribution is 2.35. The van der Waals surface area contributed by atoms with Gasteiger partial charge in [0.05, 0.1) is 0 Å². The van der Waals surface area contributed by atoms with Crippen molar-refractivity contribution in [1.29, 1.82) is 0 Å². The highest BCUT2D eigenvalue weighted by molar-refractivity contribution is 7.85. The predicted octanol–water partition coefficient (Wildman–Crippen LogP) is 0.756. The molecule has 4 nitrogen and oxygen atoms in total. The summed E-state index contributed by atoms with van der Waals surface area (Å²) in [7, 11) is -5.88. The van der Waals surface area contributed by atoms with Crippen molar-refractivity contribution in [2.45, 2.75) is 12.1 Å². The van der Waals surface area contributed by atoms with E-state index in [2.05, 4.69) is 5.73 Å². The molecule has 0 aromatic carbocycles. The molecule has 0 aliphatic carbocycles. The van der Waals surface area contributed by atoms with Crippen LogP contribution >= 0.6 is 0 Å².